The van der Waals surface area contributed by atoms with Gasteiger partial charge in [0.15, 0.2) is 5.78 Å². The van der Waals surface area contributed by atoms with E-state index in [0.29, 0.717) is 19.3 Å². The molecule has 21 heavy (non-hydrogen) atoms. The number of ketones is 1. The predicted molar refractivity (Wildman–Crippen MR) is 82.6 cm³/mol. The van der Waals surface area contributed by atoms with Crippen molar-refractivity contribution in [3.8, 4) is 0 Å². The van der Waals surface area contributed by atoms with Crippen LogP contribution in [0, 0.1) is 35.0 Å². The standard InChI is InChI=1S/C19H28O2/c1-11-10-19(2)16(7-8-17(19)21)15-5-3-12-9-13(20)4-6-14(12)18(11)15/h9,11,14-18,21H,3-8,10H2,1-2H3/t11-,14-,15?,16?,17-,18?,19-/m0/s1/i3D2,4D2,5D2,9D. The highest BCUT2D eigenvalue weighted by Gasteiger charge is 2.58. The molecule has 7 atom stereocenters. The molecule has 4 rings (SSSR count). The minimum Gasteiger partial charge on any atom is -0.393 e. The minimum absolute atomic E-state index is 0.0676. The summed E-state index contributed by atoms with van der Waals surface area (Å²) in [7, 11) is 0. The Balaban J connectivity index is 1.94. The Bertz CT molecular complexity index is 761. The van der Waals surface area contributed by atoms with Gasteiger partial charge in [0.05, 0.1) is 7.47 Å². The van der Waals surface area contributed by atoms with Gasteiger partial charge in [-0.25, -0.2) is 0 Å². The van der Waals surface area contributed by atoms with E-state index in [1.165, 1.54) is 0 Å². The highest BCUT2D eigenvalue weighted by molar-refractivity contribution is 5.91. The molecule has 3 fully saturated rings. The maximum Gasteiger partial charge on any atom is 0.155 e. The molecule has 0 radical (unpaired) electrons. The van der Waals surface area contributed by atoms with E-state index in [-0.39, 0.29) is 29.7 Å². The topological polar surface area (TPSA) is 37.3 Å². The van der Waals surface area contributed by atoms with Gasteiger partial charge in [-0.05, 0) is 79.5 Å². The van der Waals surface area contributed by atoms with Crippen molar-refractivity contribution < 1.29 is 19.5 Å². The Hall–Kier alpha value is -0.630. The van der Waals surface area contributed by atoms with Crippen LogP contribution in [0.1, 0.15) is 68.2 Å². The molecule has 0 bridgehead atoms. The number of rotatable bonds is 0. The first-order chi connectivity index (χ1) is 12.7. The van der Waals surface area contributed by atoms with Crippen molar-refractivity contribution >= 4 is 5.78 Å². The minimum atomic E-state index is -2.52. The van der Waals surface area contributed by atoms with Crippen LogP contribution in [0.5, 0.6) is 0 Å². The molecule has 0 spiro atoms. The van der Waals surface area contributed by atoms with E-state index in [1.807, 2.05) is 13.8 Å². The number of fused-ring (bicyclic) bond motifs is 5. The highest BCUT2D eigenvalue weighted by atomic mass is 16.3. The molecule has 0 aromatic heterocycles. The molecular weight excluding hydrogens is 260 g/mol. The van der Waals surface area contributed by atoms with Crippen LogP contribution in [-0.4, -0.2) is 17.0 Å². The fourth-order valence-electron chi connectivity index (χ4n) is 5.59. The van der Waals surface area contributed by atoms with Gasteiger partial charge < -0.3 is 5.11 Å². The fourth-order valence-corrected chi connectivity index (χ4v) is 5.59. The molecule has 2 nitrogen and oxygen atoms in total. The Morgan fingerprint density at radius 3 is 3.00 bits per heavy atom. The van der Waals surface area contributed by atoms with Crippen LogP contribution >= 0.6 is 0 Å². The second kappa shape index (κ2) is 4.68. The molecule has 4 aliphatic carbocycles. The number of allylic oxidation sites excluding steroid dienone is 1. The molecule has 0 aliphatic heterocycles. The molecular formula is C19H28O2. The van der Waals surface area contributed by atoms with Crippen LogP contribution in [-0.2, 0) is 4.79 Å². The largest absolute Gasteiger partial charge is 0.393 e. The summed E-state index contributed by atoms with van der Waals surface area (Å²) in [5.41, 5.74) is -0.633. The van der Waals surface area contributed by atoms with Gasteiger partial charge in [0.1, 0.15) is 0 Å². The van der Waals surface area contributed by atoms with Crippen LogP contribution in [0.25, 0.3) is 0 Å². The summed E-state index contributed by atoms with van der Waals surface area (Å²) >= 11 is 0. The zero-order chi connectivity index (χ0) is 21.0. The van der Waals surface area contributed by atoms with Crippen LogP contribution in [0.2, 0.25) is 0 Å². The summed E-state index contributed by atoms with van der Waals surface area (Å²) in [4.78, 5) is 12.4. The quantitative estimate of drug-likeness (QED) is 0.739. The van der Waals surface area contributed by atoms with Crippen molar-refractivity contribution in [3.63, 3.8) is 0 Å². The first-order valence-electron chi connectivity index (χ1n) is 11.6. The van der Waals surface area contributed by atoms with E-state index >= 15 is 0 Å². The lowest BCUT2D eigenvalue weighted by molar-refractivity contribution is -0.117. The molecule has 3 unspecified atom stereocenters. The number of hydrogen-bond donors (Lipinski definition) is 1. The number of hydrogen-bond acceptors (Lipinski definition) is 2. The Morgan fingerprint density at radius 1 is 1.38 bits per heavy atom. The molecule has 0 aromatic rings. The van der Waals surface area contributed by atoms with E-state index in [9.17, 15) is 9.90 Å². The predicted octanol–water partition coefficient (Wildman–Crippen LogP) is 3.74. The molecule has 0 heterocycles. The Morgan fingerprint density at radius 2 is 2.19 bits per heavy atom. The molecule has 116 valence electrons. The molecule has 3 saturated carbocycles. The Kier molecular flexibility index (Phi) is 1.85. The number of aliphatic hydroxyl groups is 1. The van der Waals surface area contributed by atoms with Crippen LogP contribution < -0.4 is 0 Å². The molecule has 4 aliphatic rings. The zero-order valence-corrected chi connectivity index (χ0v) is 12.6. The first kappa shape index (κ1) is 8.29. The molecule has 2 heteroatoms. The van der Waals surface area contributed by atoms with Gasteiger partial charge in [-0.2, -0.15) is 0 Å². The SMILES string of the molecule is [2H]C1=C2[C@H](CC([2H])([2H])C1=O)C1C(C3CC[C@H](O)[C@@]3(C)C[C@@H]1C)C([2H])([2H])C2([2H])[2H]. The second-order valence-electron chi connectivity index (χ2n) is 7.61. The van der Waals surface area contributed by atoms with Gasteiger partial charge in [0.25, 0.3) is 0 Å². The molecule has 1 N–H and O–H groups in total. The fraction of sp³-hybridized carbons (Fsp3) is 0.842. The second-order valence-corrected chi connectivity index (χ2v) is 7.61. The van der Waals surface area contributed by atoms with E-state index < -0.39 is 54.3 Å². The van der Waals surface area contributed by atoms with Gasteiger partial charge in [-0.15, -0.1) is 0 Å². The van der Waals surface area contributed by atoms with Gasteiger partial charge in [0.2, 0.25) is 0 Å². The zero-order valence-electron chi connectivity index (χ0n) is 19.6. The Labute approximate surface area is 137 Å². The highest BCUT2D eigenvalue weighted by Crippen LogP contribution is 2.63. The average Bonchev–Trinajstić information content (AvgIpc) is 2.84. The molecule has 0 amide bonds. The summed E-state index contributed by atoms with van der Waals surface area (Å²) in [6, 6.07) is -0.680. The van der Waals surface area contributed by atoms with Gasteiger partial charge >= 0.3 is 0 Å². The maximum atomic E-state index is 12.4. The summed E-state index contributed by atoms with van der Waals surface area (Å²) in [5, 5.41) is 10.6. The summed E-state index contributed by atoms with van der Waals surface area (Å²) in [5.74, 6) is -3.00. The first-order valence-corrected chi connectivity index (χ1v) is 8.12. The van der Waals surface area contributed by atoms with Gasteiger partial charge in [0, 0.05) is 14.6 Å². The lowest BCUT2D eigenvalue weighted by Crippen LogP contribution is -2.51. The van der Waals surface area contributed by atoms with Crippen molar-refractivity contribution in [2.24, 2.45) is 35.0 Å². The van der Waals surface area contributed by atoms with Crippen LogP contribution in [0.4, 0.5) is 0 Å². The van der Waals surface area contributed by atoms with E-state index in [0.717, 1.165) is 0 Å². The lowest BCUT2D eigenvalue weighted by Gasteiger charge is -2.56. The van der Waals surface area contributed by atoms with E-state index in [4.69, 9.17) is 9.60 Å². The van der Waals surface area contributed by atoms with Gasteiger partial charge in [-0.3, -0.25) is 4.79 Å². The third kappa shape index (κ3) is 1.91. The lowest BCUT2D eigenvalue weighted by atomic mass is 9.49. The number of carbonyl (C=O) groups excluding carboxylic acids is 1. The average molecular weight is 295 g/mol. The monoisotopic (exact) mass is 295 g/mol. The van der Waals surface area contributed by atoms with E-state index in [2.05, 4.69) is 0 Å². The summed E-state index contributed by atoms with van der Waals surface area (Å²) in [6.07, 6.45) is -5.96. The van der Waals surface area contributed by atoms with Crippen molar-refractivity contribution in [1.82, 2.24) is 0 Å². The third-order valence-corrected chi connectivity index (χ3v) is 6.57. The summed E-state index contributed by atoms with van der Waals surface area (Å²) < 4.78 is 59.3. The van der Waals surface area contributed by atoms with Crippen molar-refractivity contribution in [3.05, 3.63) is 11.6 Å². The smallest absolute Gasteiger partial charge is 0.155 e. The van der Waals surface area contributed by atoms with Crippen molar-refractivity contribution in [1.29, 1.82) is 0 Å². The number of aliphatic hydroxyl groups excluding tert-OH is 1. The van der Waals surface area contributed by atoms with Crippen molar-refractivity contribution in [2.75, 3.05) is 0 Å². The maximum absolute atomic E-state index is 12.4. The van der Waals surface area contributed by atoms with Crippen molar-refractivity contribution in [2.45, 2.75) is 64.8 Å². The van der Waals surface area contributed by atoms with Crippen LogP contribution in [0.15, 0.2) is 11.6 Å². The van der Waals surface area contributed by atoms with Gasteiger partial charge in [-0.1, -0.05) is 19.4 Å². The van der Waals surface area contributed by atoms with E-state index in [1.54, 1.807) is 0 Å². The summed E-state index contributed by atoms with van der Waals surface area (Å²) in [6.45, 7) is 3.94. The third-order valence-electron chi connectivity index (χ3n) is 6.57. The molecule has 0 saturated heterocycles. The molecule has 0 aromatic carbocycles. The van der Waals surface area contributed by atoms with Crippen LogP contribution in [0.3, 0.4) is 0 Å². The normalized spacial score (nSPS) is 65.3. The number of carbonyl (C=O) groups is 1.